The Bertz CT molecular complexity index is 500. The molecule has 5 nitrogen and oxygen atoms in total. The fourth-order valence-corrected chi connectivity index (χ4v) is 1.98. The van der Waals surface area contributed by atoms with E-state index >= 15 is 0 Å². The van der Waals surface area contributed by atoms with Crippen LogP contribution in [-0.2, 0) is 11.2 Å². The van der Waals surface area contributed by atoms with Crippen molar-refractivity contribution < 1.29 is 9.18 Å². The van der Waals surface area contributed by atoms with Crippen molar-refractivity contribution in [3.63, 3.8) is 0 Å². The minimum absolute atomic E-state index is 0.00547. The molecule has 0 aliphatic rings. The summed E-state index contributed by atoms with van der Waals surface area (Å²) in [6.07, 6.45) is 1.14. The number of nitrogens with zero attached hydrogens (tertiary/aromatic N) is 1. The molecule has 1 rings (SSSR count). The lowest BCUT2D eigenvalue weighted by molar-refractivity contribution is -0.121. The van der Waals surface area contributed by atoms with E-state index in [1.165, 1.54) is 12.1 Å². The lowest BCUT2D eigenvalue weighted by atomic mass is 10.1. The molecule has 1 aromatic carbocycles. The molecule has 0 unspecified atom stereocenters. The van der Waals surface area contributed by atoms with E-state index in [1.54, 1.807) is 12.1 Å². The third kappa shape index (κ3) is 8.80. The molecule has 0 bridgehead atoms. The van der Waals surface area contributed by atoms with E-state index in [0.29, 0.717) is 25.5 Å². The quantitative estimate of drug-likeness (QED) is 0.505. The number of guanidine groups is 1. The highest BCUT2D eigenvalue weighted by Gasteiger charge is 2.03. The number of hydrogen-bond donors (Lipinski definition) is 3. The zero-order valence-electron chi connectivity index (χ0n) is 14.2. The number of nitrogens with one attached hydrogen (secondary N) is 3. The van der Waals surface area contributed by atoms with Crippen LogP contribution in [0.4, 0.5) is 4.39 Å². The maximum Gasteiger partial charge on any atom is 0.222 e. The van der Waals surface area contributed by atoms with Gasteiger partial charge in [-0.2, -0.15) is 0 Å². The van der Waals surface area contributed by atoms with Gasteiger partial charge in [-0.25, -0.2) is 4.39 Å². The minimum Gasteiger partial charge on any atom is -0.357 e. The predicted molar refractivity (Wildman–Crippen MR) is 92.0 cm³/mol. The Kier molecular flexibility index (Phi) is 8.72. The Morgan fingerprint density at radius 3 is 2.52 bits per heavy atom. The molecule has 0 heterocycles. The fraction of sp³-hybridized carbons (Fsp3) is 0.529. The smallest absolute Gasteiger partial charge is 0.222 e. The summed E-state index contributed by atoms with van der Waals surface area (Å²) in [5.41, 5.74) is 1.06. The number of carbonyl (C=O) groups is 1. The molecule has 0 spiro atoms. The molecule has 1 amide bonds. The number of hydrogen-bond acceptors (Lipinski definition) is 2. The molecule has 0 fully saturated rings. The molecule has 0 saturated carbocycles. The van der Waals surface area contributed by atoms with Crippen molar-refractivity contribution in [2.75, 3.05) is 19.6 Å². The molecule has 0 saturated heterocycles. The first kappa shape index (κ1) is 18.9. The average molecular weight is 322 g/mol. The van der Waals surface area contributed by atoms with Gasteiger partial charge in [-0.05, 0) is 44.9 Å². The van der Waals surface area contributed by atoms with Crippen molar-refractivity contribution >= 4 is 11.9 Å². The van der Waals surface area contributed by atoms with E-state index in [4.69, 9.17) is 0 Å². The molecular weight excluding hydrogens is 295 g/mol. The number of benzene rings is 1. The third-order valence-corrected chi connectivity index (χ3v) is 3.02. The summed E-state index contributed by atoms with van der Waals surface area (Å²) in [4.78, 5) is 15.9. The van der Waals surface area contributed by atoms with Gasteiger partial charge in [0, 0.05) is 25.6 Å². The van der Waals surface area contributed by atoms with Crippen LogP contribution >= 0.6 is 0 Å². The van der Waals surface area contributed by atoms with E-state index in [9.17, 15) is 9.18 Å². The summed E-state index contributed by atoms with van der Waals surface area (Å²) in [5, 5.41) is 9.19. The summed E-state index contributed by atoms with van der Waals surface area (Å²) in [7, 11) is 0. The van der Waals surface area contributed by atoms with Crippen molar-refractivity contribution in [1.29, 1.82) is 0 Å². The molecular formula is C17H27FN4O. The second kappa shape index (κ2) is 10.6. The number of amides is 1. The van der Waals surface area contributed by atoms with Crippen molar-refractivity contribution in [1.82, 2.24) is 16.0 Å². The summed E-state index contributed by atoms with van der Waals surface area (Å²) in [6.45, 7) is 7.73. The van der Waals surface area contributed by atoms with Crippen LogP contribution in [0.15, 0.2) is 29.3 Å². The van der Waals surface area contributed by atoms with Crippen LogP contribution in [0.1, 0.15) is 32.8 Å². The molecule has 0 aliphatic heterocycles. The second-order valence-electron chi connectivity index (χ2n) is 5.54. The van der Waals surface area contributed by atoms with Crippen LogP contribution in [0, 0.1) is 5.82 Å². The topological polar surface area (TPSA) is 65.5 Å². The van der Waals surface area contributed by atoms with Crippen molar-refractivity contribution in [2.24, 2.45) is 4.99 Å². The number of carbonyl (C=O) groups excluding carboxylic acids is 1. The zero-order valence-corrected chi connectivity index (χ0v) is 14.2. The first-order valence-corrected chi connectivity index (χ1v) is 8.07. The van der Waals surface area contributed by atoms with Crippen LogP contribution in [0.5, 0.6) is 0 Å². The SMILES string of the molecule is CCNC(=NCCC(=O)NC(C)C)NCCc1ccc(F)cc1. The normalized spacial score (nSPS) is 11.4. The van der Waals surface area contributed by atoms with Gasteiger partial charge in [-0.15, -0.1) is 0 Å². The summed E-state index contributed by atoms with van der Waals surface area (Å²) >= 11 is 0. The molecule has 0 radical (unpaired) electrons. The van der Waals surface area contributed by atoms with E-state index in [1.807, 2.05) is 20.8 Å². The fourth-order valence-electron chi connectivity index (χ4n) is 1.98. The summed E-state index contributed by atoms with van der Waals surface area (Å²) in [5.74, 6) is 0.467. The van der Waals surface area contributed by atoms with Crippen molar-refractivity contribution in [3.8, 4) is 0 Å². The van der Waals surface area contributed by atoms with E-state index in [-0.39, 0.29) is 17.8 Å². The molecule has 0 aliphatic carbocycles. The Morgan fingerprint density at radius 2 is 1.91 bits per heavy atom. The van der Waals surface area contributed by atoms with Gasteiger partial charge in [0.2, 0.25) is 5.91 Å². The van der Waals surface area contributed by atoms with Crippen molar-refractivity contribution in [2.45, 2.75) is 39.7 Å². The lowest BCUT2D eigenvalue weighted by Crippen LogP contribution is -2.38. The van der Waals surface area contributed by atoms with E-state index in [2.05, 4.69) is 20.9 Å². The molecule has 128 valence electrons. The molecule has 23 heavy (non-hydrogen) atoms. The number of rotatable bonds is 8. The van der Waals surface area contributed by atoms with Gasteiger partial charge in [0.15, 0.2) is 5.96 Å². The van der Waals surface area contributed by atoms with Gasteiger partial charge >= 0.3 is 0 Å². The van der Waals surface area contributed by atoms with Gasteiger partial charge in [-0.1, -0.05) is 12.1 Å². The zero-order chi connectivity index (χ0) is 17.1. The minimum atomic E-state index is -0.226. The van der Waals surface area contributed by atoms with Crippen LogP contribution < -0.4 is 16.0 Å². The Balaban J connectivity index is 2.36. The van der Waals surface area contributed by atoms with Crippen LogP contribution in [0.25, 0.3) is 0 Å². The summed E-state index contributed by atoms with van der Waals surface area (Å²) < 4.78 is 12.8. The maximum absolute atomic E-state index is 12.8. The Labute approximate surface area is 137 Å². The van der Waals surface area contributed by atoms with Crippen LogP contribution in [-0.4, -0.2) is 37.5 Å². The monoisotopic (exact) mass is 322 g/mol. The van der Waals surface area contributed by atoms with E-state index in [0.717, 1.165) is 18.5 Å². The molecule has 3 N–H and O–H groups in total. The second-order valence-corrected chi connectivity index (χ2v) is 5.54. The largest absolute Gasteiger partial charge is 0.357 e. The van der Waals surface area contributed by atoms with Crippen LogP contribution in [0.3, 0.4) is 0 Å². The molecule has 6 heteroatoms. The standard InChI is InChI=1S/C17H27FN4O/c1-4-19-17(21-12-10-16(23)22-13(2)3)20-11-9-14-5-7-15(18)8-6-14/h5-8,13H,4,9-12H2,1-3H3,(H,22,23)(H2,19,20,21). The average Bonchev–Trinajstić information content (AvgIpc) is 2.48. The third-order valence-electron chi connectivity index (χ3n) is 3.02. The van der Waals surface area contributed by atoms with Gasteiger partial charge in [-0.3, -0.25) is 9.79 Å². The highest BCUT2D eigenvalue weighted by molar-refractivity contribution is 5.80. The van der Waals surface area contributed by atoms with E-state index < -0.39 is 0 Å². The molecule has 1 aromatic rings. The van der Waals surface area contributed by atoms with Gasteiger partial charge in [0.05, 0.1) is 6.54 Å². The summed E-state index contributed by atoms with van der Waals surface area (Å²) in [6, 6.07) is 6.62. The highest BCUT2D eigenvalue weighted by atomic mass is 19.1. The first-order valence-electron chi connectivity index (χ1n) is 8.07. The Hall–Kier alpha value is -2.11. The number of aliphatic imine (C=N–C) groups is 1. The Morgan fingerprint density at radius 1 is 1.22 bits per heavy atom. The number of halogens is 1. The highest BCUT2D eigenvalue weighted by Crippen LogP contribution is 2.02. The van der Waals surface area contributed by atoms with Gasteiger partial charge in [0.25, 0.3) is 0 Å². The molecule has 0 atom stereocenters. The van der Waals surface area contributed by atoms with Crippen LogP contribution in [0.2, 0.25) is 0 Å². The van der Waals surface area contributed by atoms with Gasteiger partial charge in [0.1, 0.15) is 5.82 Å². The predicted octanol–water partition coefficient (Wildman–Crippen LogP) is 1.84. The molecule has 0 aromatic heterocycles. The maximum atomic E-state index is 12.8. The first-order chi connectivity index (χ1) is 11.0. The lowest BCUT2D eigenvalue weighted by Gasteiger charge is -2.11. The van der Waals surface area contributed by atoms with Gasteiger partial charge < -0.3 is 16.0 Å². The van der Waals surface area contributed by atoms with Crippen molar-refractivity contribution in [3.05, 3.63) is 35.6 Å².